The number of nitrogens with one attached hydrogen (secondary N) is 1. The minimum atomic E-state index is 0.376. The first-order valence-electron chi connectivity index (χ1n) is 9.43. The zero-order chi connectivity index (χ0) is 20.6. The Morgan fingerprint density at radius 3 is 2.66 bits per heavy atom. The molecule has 0 spiro atoms. The Kier molecular flexibility index (Phi) is 7.02. The average molecular weight is 413 g/mol. The highest BCUT2D eigenvalue weighted by Crippen LogP contribution is 2.31. The largest absolute Gasteiger partial charge is 0.493 e. The van der Waals surface area contributed by atoms with Crippen LogP contribution in [0.5, 0.6) is 17.2 Å². The van der Waals surface area contributed by atoms with Gasteiger partial charge in [-0.15, -0.1) is 0 Å². The summed E-state index contributed by atoms with van der Waals surface area (Å²) in [4.78, 5) is 0. The van der Waals surface area contributed by atoms with Gasteiger partial charge in [-0.05, 0) is 49.8 Å². The number of ether oxygens (including phenoxy) is 3. The van der Waals surface area contributed by atoms with Crippen LogP contribution >= 0.6 is 12.2 Å². The normalized spacial score (nSPS) is 11.0. The predicted molar refractivity (Wildman–Crippen MR) is 116 cm³/mol. The van der Waals surface area contributed by atoms with E-state index in [0.29, 0.717) is 41.1 Å². The van der Waals surface area contributed by atoms with E-state index < -0.39 is 0 Å². The monoisotopic (exact) mass is 412 g/mol. The minimum Gasteiger partial charge on any atom is -0.493 e. The molecule has 8 heteroatoms. The van der Waals surface area contributed by atoms with Gasteiger partial charge in [0.15, 0.2) is 17.3 Å². The number of hydrogen-bond acceptors (Lipinski definition) is 6. The van der Waals surface area contributed by atoms with Crippen LogP contribution in [0.25, 0.3) is 11.4 Å². The van der Waals surface area contributed by atoms with Crippen molar-refractivity contribution in [2.75, 3.05) is 20.3 Å². The van der Waals surface area contributed by atoms with Crippen molar-refractivity contribution >= 4 is 18.4 Å². The van der Waals surface area contributed by atoms with Gasteiger partial charge in [-0.2, -0.15) is 14.9 Å². The van der Waals surface area contributed by atoms with Crippen molar-refractivity contribution in [2.45, 2.75) is 20.3 Å². The van der Waals surface area contributed by atoms with Gasteiger partial charge in [0.25, 0.3) is 0 Å². The van der Waals surface area contributed by atoms with Crippen molar-refractivity contribution in [1.29, 1.82) is 0 Å². The summed E-state index contributed by atoms with van der Waals surface area (Å²) in [6.45, 7) is 5.12. The number of para-hydroxylation sites is 2. The Balaban J connectivity index is 2.02. The highest BCUT2D eigenvalue weighted by molar-refractivity contribution is 7.71. The van der Waals surface area contributed by atoms with E-state index in [2.05, 4.69) is 22.2 Å². The summed E-state index contributed by atoms with van der Waals surface area (Å²) in [5.74, 6) is 2.58. The molecule has 7 nitrogen and oxygen atoms in total. The van der Waals surface area contributed by atoms with Crippen LogP contribution in [-0.2, 0) is 0 Å². The fraction of sp³-hybridized carbons (Fsp3) is 0.286. The molecule has 0 saturated carbocycles. The second-order valence-electron chi connectivity index (χ2n) is 6.06. The first-order chi connectivity index (χ1) is 14.2. The lowest BCUT2D eigenvalue weighted by Crippen LogP contribution is -2.02. The number of nitrogens with zero attached hydrogens (tertiary/aromatic N) is 3. The Bertz CT molecular complexity index is 1040. The molecule has 0 bridgehead atoms. The fourth-order valence-electron chi connectivity index (χ4n) is 2.78. The molecule has 0 atom stereocenters. The van der Waals surface area contributed by atoms with E-state index in [1.807, 2.05) is 49.4 Å². The van der Waals surface area contributed by atoms with Crippen molar-refractivity contribution in [3.8, 4) is 28.6 Å². The topological polar surface area (TPSA) is 73.7 Å². The predicted octanol–water partition coefficient (Wildman–Crippen LogP) is 4.69. The molecular weight excluding hydrogens is 388 g/mol. The van der Waals surface area contributed by atoms with Crippen LogP contribution in [-0.4, -0.2) is 41.4 Å². The first kappa shape index (κ1) is 20.6. The lowest BCUT2D eigenvalue weighted by molar-refractivity contribution is 0.294. The zero-order valence-corrected chi connectivity index (χ0v) is 17.5. The van der Waals surface area contributed by atoms with Gasteiger partial charge in [0, 0.05) is 5.56 Å². The van der Waals surface area contributed by atoms with Crippen LogP contribution in [0, 0.1) is 4.77 Å². The molecule has 0 aliphatic rings. The lowest BCUT2D eigenvalue weighted by atomic mass is 10.2. The van der Waals surface area contributed by atoms with E-state index in [9.17, 15) is 0 Å². The van der Waals surface area contributed by atoms with Gasteiger partial charge in [-0.3, -0.25) is 0 Å². The van der Waals surface area contributed by atoms with Crippen LogP contribution in [0.2, 0.25) is 0 Å². The molecule has 3 aromatic rings. The summed E-state index contributed by atoms with van der Waals surface area (Å²) >= 11 is 5.38. The number of methoxy groups -OCH3 is 1. The van der Waals surface area contributed by atoms with Crippen LogP contribution in [0.1, 0.15) is 25.8 Å². The zero-order valence-electron chi connectivity index (χ0n) is 16.7. The SMILES string of the molecule is CCCOc1c(/C=N\n2c(-c3ccccc3OCC)n[nH]c2=S)cccc1OC. The third kappa shape index (κ3) is 4.65. The Morgan fingerprint density at radius 1 is 1.10 bits per heavy atom. The third-order valence-corrected chi connectivity index (χ3v) is 4.33. The molecule has 3 rings (SSSR count). The van der Waals surface area contributed by atoms with Crippen molar-refractivity contribution in [3.05, 3.63) is 52.8 Å². The van der Waals surface area contributed by atoms with Gasteiger partial charge < -0.3 is 14.2 Å². The van der Waals surface area contributed by atoms with E-state index in [4.69, 9.17) is 26.4 Å². The van der Waals surface area contributed by atoms with Gasteiger partial charge in [0.05, 0.1) is 32.1 Å². The summed E-state index contributed by atoms with van der Waals surface area (Å²) in [5, 5.41) is 11.7. The number of aromatic amines is 1. The number of rotatable bonds is 9. The standard InChI is InChI=1S/C21H24N4O3S/c1-4-13-28-19-15(9-8-12-18(19)26-3)14-22-25-20(23-24-21(25)29)16-10-6-7-11-17(16)27-5-2/h6-12,14H,4-5,13H2,1-3H3,(H,24,29)/b22-14-. The number of hydrogen-bond donors (Lipinski definition) is 1. The van der Waals surface area contributed by atoms with Crippen molar-refractivity contribution in [3.63, 3.8) is 0 Å². The summed E-state index contributed by atoms with van der Waals surface area (Å²) in [7, 11) is 1.62. The van der Waals surface area contributed by atoms with Crippen LogP contribution < -0.4 is 14.2 Å². The van der Waals surface area contributed by atoms with Gasteiger partial charge in [0.1, 0.15) is 5.75 Å². The molecule has 29 heavy (non-hydrogen) atoms. The molecule has 2 aromatic carbocycles. The molecule has 0 radical (unpaired) electrons. The van der Waals surface area contributed by atoms with Crippen LogP contribution in [0.15, 0.2) is 47.6 Å². The fourth-order valence-corrected chi connectivity index (χ4v) is 2.96. The molecule has 152 valence electrons. The molecule has 0 aliphatic heterocycles. The third-order valence-electron chi connectivity index (χ3n) is 4.07. The van der Waals surface area contributed by atoms with Crippen LogP contribution in [0.4, 0.5) is 0 Å². The number of H-pyrrole nitrogens is 1. The maximum atomic E-state index is 5.88. The quantitative estimate of drug-likeness (QED) is 0.408. The molecule has 1 aromatic heterocycles. The van der Waals surface area contributed by atoms with Crippen molar-refractivity contribution < 1.29 is 14.2 Å². The van der Waals surface area contributed by atoms with E-state index in [1.165, 1.54) is 0 Å². The first-order valence-corrected chi connectivity index (χ1v) is 9.84. The van der Waals surface area contributed by atoms with E-state index in [1.54, 1.807) is 18.0 Å². The summed E-state index contributed by atoms with van der Waals surface area (Å²) in [6, 6.07) is 13.3. The molecule has 0 aliphatic carbocycles. The van der Waals surface area contributed by atoms with Crippen molar-refractivity contribution in [1.82, 2.24) is 14.9 Å². The maximum absolute atomic E-state index is 5.88. The minimum absolute atomic E-state index is 0.376. The molecule has 0 unspecified atom stereocenters. The molecule has 0 amide bonds. The smallest absolute Gasteiger partial charge is 0.216 e. The van der Waals surface area contributed by atoms with E-state index in [0.717, 1.165) is 17.5 Å². The summed E-state index contributed by atoms with van der Waals surface area (Å²) in [6.07, 6.45) is 2.57. The van der Waals surface area contributed by atoms with Crippen molar-refractivity contribution in [2.24, 2.45) is 5.10 Å². The highest BCUT2D eigenvalue weighted by Gasteiger charge is 2.14. The summed E-state index contributed by atoms with van der Waals surface area (Å²) < 4.78 is 19.0. The molecule has 1 N–H and O–H groups in total. The molecule has 0 saturated heterocycles. The number of benzene rings is 2. The van der Waals surface area contributed by atoms with E-state index in [-0.39, 0.29) is 0 Å². The second-order valence-corrected chi connectivity index (χ2v) is 6.45. The average Bonchev–Trinajstić information content (AvgIpc) is 3.11. The molecule has 0 fully saturated rings. The summed E-state index contributed by atoms with van der Waals surface area (Å²) in [5.41, 5.74) is 1.58. The van der Waals surface area contributed by atoms with Gasteiger partial charge in [0.2, 0.25) is 4.77 Å². The van der Waals surface area contributed by atoms with Gasteiger partial charge in [-0.25, -0.2) is 5.10 Å². The maximum Gasteiger partial charge on any atom is 0.216 e. The highest BCUT2D eigenvalue weighted by atomic mass is 32.1. The second kappa shape index (κ2) is 9.88. The van der Waals surface area contributed by atoms with E-state index >= 15 is 0 Å². The van der Waals surface area contributed by atoms with Gasteiger partial charge in [-0.1, -0.05) is 25.1 Å². The Labute approximate surface area is 174 Å². The number of aromatic nitrogens is 3. The van der Waals surface area contributed by atoms with Gasteiger partial charge >= 0.3 is 0 Å². The molecular formula is C21H24N4O3S. The lowest BCUT2D eigenvalue weighted by Gasteiger charge is -2.12. The molecule has 1 heterocycles. The Morgan fingerprint density at radius 2 is 1.90 bits per heavy atom. The Hall–Kier alpha value is -3.13. The van der Waals surface area contributed by atoms with Crippen LogP contribution in [0.3, 0.4) is 0 Å².